The Morgan fingerprint density at radius 1 is 1.20 bits per heavy atom. The minimum Gasteiger partial charge on any atom is -0.278 e. The zero-order valence-corrected chi connectivity index (χ0v) is 9.45. The number of anilines is 1. The smallest absolute Gasteiger partial charge is 0.235 e. The van der Waals surface area contributed by atoms with Crippen LogP contribution < -0.4 is 4.90 Å². The fourth-order valence-electron chi connectivity index (χ4n) is 0.973. The van der Waals surface area contributed by atoms with E-state index < -0.39 is 5.50 Å². The summed E-state index contributed by atoms with van der Waals surface area (Å²) in [6, 6.07) is 0. The Bertz CT molecular complexity index is 418. The first kappa shape index (κ1) is 10.6. The van der Waals surface area contributed by atoms with Crippen LogP contribution in [0.1, 0.15) is 0 Å². The summed E-state index contributed by atoms with van der Waals surface area (Å²) in [7, 11) is 0. The first-order chi connectivity index (χ1) is 7.20. The van der Waals surface area contributed by atoms with Crippen LogP contribution in [0.4, 0.5) is 5.95 Å². The van der Waals surface area contributed by atoms with Crippen LogP contribution in [0, 0.1) is 0 Å². The van der Waals surface area contributed by atoms with Gasteiger partial charge >= 0.3 is 0 Å². The lowest BCUT2D eigenvalue weighted by atomic mass is 10.5. The molecule has 0 fully saturated rings. The number of aromatic nitrogens is 3. The van der Waals surface area contributed by atoms with E-state index in [1.807, 2.05) is 0 Å². The fourth-order valence-corrected chi connectivity index (χ4v) is 1.57. The average Bonchev–Trinajstić information content (AvgIpc) is 2.27. The van der Waals surface area contributed by atoms with E-state index in [4.69, 9.17) is 34.8 Å². The van der Waals surface area contributed by atoms with Gasteiger partial charge in [0, 0.05) is 0 Å². The summed E-state index contributed by atoms with van der Waals surface area (Å²) in [5.41, 5.74) is -0.654. The quantitative estimate of drug-likeness (QED) is 0.574. The molecule has 1 aromatic rings. The topological polar surface area (TPSA) is 54.3 Å². The molecule has 1 atom stereocenters. The van der Waals surface area contributed by atoms with Crippen molar-refractivity contribution in [3.05, 3.63) is 22.8 Å². The first-order valence-corrected chi connectivity index (χ1v) is 5.03. The van der Waals surface area contributed by atoms with Gasteiger partial charge in [-0.25, -0.2) is 19.9 Å². The highest BCUT2D eigenvalue weighted by molar-refractivity contribution is 6.44. The molecule has 0 saturated heterocycles. The summed E-state index contributed by atoms with van der Waals surface area (Å²) in [5.74, 6) is 0.357. The maximum atomic E-state index is 6.02. The van der Waals surface area contributed by atoms with Crippen molar-refractivity contribution < 1.29 is 0 Å². The predicted molar refractivity (Wildman–Crippen MR) is 59.2 cm³/mol. The van der Waals surface area contributed by atoms with Gasteiger partial charge in [-0.2, -0.15) is 0 Å². The number of alkyl halides is 1. The minimum atomic E-state index is -0.654. The number of hydrogen-bond acceptors (Lipinski definition) is 5. The van der Waals surface area contributed by atoms with Crippen molar-refractivity contribution in [2.75, 3.05) is 4.90 Å². The Morgan fingerprint density at radius 2 is 1.87 bits per heavy atom. The molecule has 2 rings (SSSR count). The van der Waals surface area contributed by atoms with Crippen molar-refractivity contribution in [2.24, 2.45) is 4.99 Å². The normalized spacial score (nSPS) is 21.0. The Hall–Kier alpha value is -0.910. The molecule has 8 heteroatoms. The van der Waals surface area contributed by atoms with Crippen molar-refractivity contribution in [2.45, 2.75) is 5.50 Å². The molecule has 0 radical (unpaired) electrons. The highest BCUT2D eigenvalue weighted by atomic mass is 35.5. The highest BCUT2D eigenvalue weighted by Crippen LogP contribution is 2.29. The van der Waals surface area contributed by atoms with Crippen molar-refractivity contribution in [3.8, 4) is 0 Å². The Labute approximate surface area is 100 Å². The van der Waals surface area contributed by atoms with E-state index in [1.165, 1.54) is 23.9 Å². The summed E-state index contributed by atoms with van der Waals surface area (Å²) >= 11 is 17.6. The summed E-state index contributed by atoms with van der Waals surface area (Å²) < 4.78 is 0. The Kier molecular flexibility index (Phi) is 3.04. The third-order valence-electron chi connectivity index (χ3n) is 1.66. The van der Waals surface area contributed by atoms with Crippen LogP contribution in [-0.4, -0.2) is 26.8 Å². The maximum absolute atomic E-state index is 6.02. The van der Waals surface area contributed by atoms with Crippen molar-refractivity contribution in [1.82, 2.24) is 15.0 Å². The number of hydrogen-bond donors (Lipinski definition) is 0. The third kappa shape index (κ3) is 2.04. The van der Waals surface area contributed by atoms with E-state index in [1.54, 1.807) is 0 Å². The second-order valence-corrected chi connectivity index (χ2v) is 3.74. The van der Waals surface area contributed by atoms with E-state index >= 15 is 0 Å². The molecule has 1 aliphatic rings. The molecule has 78 valence electrons. The average molecular weight is 265 g/mol. The van der Waals surface area contributed by atoms with Crippen LogP contribution in [0.3, 0.4) is 0 Å². The van der Waals surface area contributed by atoms with Crippen LogP contribution in [0.25, 0.3) is 0 Å². The molecule has 0 spiro atoms. The lowest BCUT2D eigenvalue weighted by Crippen LogP contribution is -2.34. The molecule has 0 amide bonds. The molecule has 0 aliphatic carbocycles. The molecule has 1 unspecified atom stereocenters. The second kappa shape index (κ2) is 4.30. The van der Waals surface area contributed by atoms with Crippen LogP contribution in [0.15, 0.2) is 27.8 Å². The predicted octanol–water partition coefficient (Wildman–Crippen LogP) is 1.93. The number of rotatable bonds is 1. The number of aliphatic imine (C=N–C) groups is 1. The van der Waals surface area contributed by atoms with E-state index in [-0.39, 0.29) is 10.2 Å². The molecule has 15 heavy (non-hydrogen) atoms. The lowest BCUT2D eigenvalue weighted by molar-refractivity contribution is 0.926. The first-order valence-electron chi connectivity index (χ1n) is 3.84. The molecule has 1 aromatic heterocycles. The summed E-state index contributed by atoms with van der Waals surface area (Å²) in [4.78, 5) is 16.9. The minimum absolute atomic E-state index is 0.168. The molecule has 0 bridgehead atoms. The van der Waals surface area contributed by atoms with Crippen LogP contribution in [0.5, 0.6) is 0 Å². The van der Waals surface area contributed by atoms with E-state index in [2.05, 4.69) is 19.9 Å². The van der Waals surface area contributed by atoms with Gasteiger partial charge in [-0.1, -0.05) is 34.8 Å². The summed E-state index contributed by atoms with van der Waals surface area (Å²) in [6.45, 7) is 0. The molecule has 5 nitrogen and oxygen atoms in total. The maximum Gasteiger partial charge on any atom is 0.235 e. The van der Waals surface area contributed by atoms with Gasteiger partial charge in [0.15, 0.2) is 5.50 Å². The highest BCUT2D eigenvalue weighted by Gasteiger charge is 2.25. The lowest BCUT2D eigenvalue weighted by Gasteiger charge is -2.25. The molecule has 2 heterocycles. The molecule has 1 aliphatic heterocycles. The number of halogens is 3. The molecule has 0 aromatic carbocycles. The Balaban J connectivity index is 2.32. The van der Waals surface area contributed by atoms with Crippen LogP contribution in [-0.2, 0) is 0 Å². The molecule has 0 saturated carbocycles. The third-order valence-corrected chi connectivity index (χ3v) is 2.98. The monoisotopic (exact) mass is 263 g/mol. The largest absolute Gasteiger partial charge is 0.278 e. The zero-order chi connectivity index (χ0) is 10.8. The van der Waals surface area contributed by atoms with E-state index in [0.29, 0.717) is 5.95 Å². The van der Waals surface area contributed by atoms with Gasteiger partial charge in [0.2, 0.25) is 5.95 Å². The van der Waals surface area contributed by atoms with Gasteiger partial charge in [-0.05, 0) is 0 Å². The fraction of sp³-hybridized carbons (Fsp3) is 0.143. The van der Waals surface area contributed by atoms with Crippen molar-refractivity contribution in [1.29, 1.82) is 0 Å². The summed E-state index contributed by atoms with van der Waals surface area (Å²) in [5, 5.41) is 0.406. The van der Waals surface area contributed by atoms with Gasteiger partial charge < -0.3 is 0 Å². The van der Waals surface area contributed by atoms with Crippen LogP contribution in [0.2, 0.25) is 0 Å². The van der Waals surface area contributed by atoms with Gasteiger partial charge in [0.05, 0.1) is 5.03 Å². The van der Waals surface area contributed by atoms with E-state index in [9.17, 15) is 0 Å². The van der Waals surface area contributed by atoms with Gasteiger partial charge in [-0.3, -0.25) is 4.90 Å². The SMILES string of the molecule is ClC1=C(Cl)C(Cl)N(c2ncncn2)C=N1. The zero-order valence-electron chi connectivity index (χ0n) is 7.18. The van der Waals surface area contributed by atoms with Crippen LogP contribution >= 0.6 is 34.8 Å². The van der Waals surface area contributed by atoms with Crippen molar-refractivity contribution >= 4 is 47.1 Å². The standard InChI is InChI=1S/C7H4Cl3N5/c8-4-5(9)14-3-15(6(4)10)7-12-1-11-2-13-7/h1-3,6H. The number of nitrogens with zero attached hydrogens (tertiary/aromatic N) is 5. The second-order valence-electron chi connectivity index (χ2n) is 2.56. The molecular weight excluding hydrogens is 260 g/mol. The van der Waals surface area contributed by atoms with Gasteiger partial charge in [0.25, 0.3) is 0 Å². The molecule has 0 N–H and O–H groups in total. The van der Waals surface area contributed by atoms with E-state index in [0.717, 1.165) is 0 Å². The molecular formula is C7H4Cl3N5. The van der Waals surface area contributed by atoms with Crippen molar-refractivity contribution in [3.63, 3.8) is 0 Å². The van der Waals surface area contributed by atoms with Gasteiger partial charge in [0.1, 0.15) is 24.1 Å². The Morgan fingerprint density at radius 3 is 2.53 bits per heavy atom. The summed E-state index contributed by atoms with van der Waals surface area (Å²) in [6.07, 6.45) is 4.13. The van der Waals surface area contributed by atoms with Gasteiger partial charge in [-0.15, -0.1) is 0 Å².